The lowest BCUT2D eigenvalue weighted by Gasteiger charge is -2.07. The zero-order valence-electron chi connectivity index (χ0n) is 7.96. The van der Waals surface area contributed by atoms with E-state index in [4.69, 9.17) is 16.7 Å². The zero-order valence-corrected chi connectivity index (χ0v) is 8.72. The molecule has 0 heterocycles. The molecule has 0 spiro atoms. The second-order valence-electron chi connectivity index (χ2n) is 2.97. The van der Waals surface area contributed by atoms with Gasteiger partial charge in [0, 0.05) is 13.0 Å². The predicted molar refractivity (Wildman–Crippen MR) is 56.4 cm³/mol. The van der Waals surface area contributed by atoms with E-state index in [9.17, 15) is 9.18 Å². The molecule has 0 unspecified atom stereocenters. The standard InChI is InChI=1S/C10H11ClFNO2/c11-7-3-1-4-8(12)10(7)13-9(15)5-2-6-14/h1,3-4,14H,2,5-6H2,(H,13,15). The van der Waals surface area contributed by atoms with Crippen molar-refractivity contribution in [1.82, 2.24) is 0 Å². The van der Waals surface area contributed by atoms with Gasteiger partial charge in [-0.25, -0.2) is 4.39 Å². The van der Waals surface area contributed by atoms with Crippen LogP contribution in [0.4, 0.5) is 10.1 Å². The molecule has 1 aromatic carbocycles. The minimum atomic E-state index is -0.570. The van der Waals surface area contributed by atoms with E-state index < -0.39 is 5.82 Å². The van der Waals surface area contributed by atoms with Crippen molar-refractivity contribution in [2.45, 2.75) is 12.8 Å². The number of rotatable bonds is 4. The summed E-state index contributed by atoms with van der Waals surface area (Å²) in [6, 6.07) is 4.17. The first-order valence-corrected chi connectivity index (χ1v) is 4.87. The molecule has 82 valence electrons. The summed E-state index contributed by atoms with van der Waals surface area (Å²) in [5, 5.41) is 11.0. The first kappa shape index (κ1) is 11.9. The number of para-hydroxylation sites is 1. The fraction of sp³-hybridized carbons (Fsp3) is 0.300. The highest BCUT2D eigenvalue weighted by Crippen LogP contribution is 2.24. The molecule has 0 atom stereocenters. The van der Waals surface area contributed by atoms with Gasteiger partial charge in [0.15, 0.2) is 0 Å². The van der Waals surface area contributed by atoms with Crippen molar-refractivity contribution in [2.24, 2.45) is 0 Å². The average molecular weight is 232 g/mol. The van der Waals surface area contributed by atoms with E-state index in [-0.39, 0.29) is 29.6 Å². The highest BCUT2D eigenvalue weighted by Gasteiger charge is 2.09. The molecule has 0 aliphatic rings. The molecule has 0 radical (unpaired) electrons. The fourth-order valence-electron chi connectivity index (χ4n) is 1.06. The Morgan fingerprint density at radius 2 is 2.27 bits per heavy atom. The van der Waals surface area contributed by atoms with Crippen LogP contribution in [-0.2, 0) is 4.79 Å². The third kappa shape index (κ3) is 3.49. The predicted octanol–water partition coefficient (Wildman–Crippen LogP) is 2.19. The lowest BCUT2D eigenvalue weighted by molar-refractivity contribution is -0.116. The van der Waals surface area contributed by atoms with Crippen LogP contribution in [0.25, 0.3) is 0 Å². The van der Waals surface area contributed by atoms with Gasteiger partial charge in [-0.15, -0.1) is 0 Å². The van der Waals surface area contributed by atoms with Crippen molar-refractivity contribution < 1.29 is 14.3 Å². The molecule has 5 heteroatoms. The molecule has 15 heavy (non-hydrogen) atoms. The van der Waals surface area contributed by atoms with Gasteiger partial charge in [0.05, 0.1) is 10.7 Å². The number of halogens is 2. The van der Waals surface area contributed by atoms with Gasteiger partial charge in [-0.05, 0) is 18.6 Å². The van der Waals surface area contributed by atoms with Crippen molar-refractivity contribution in [3.63, 3.8) is 0 Å². The largest absolute Gasteiger partial charge is 0.396 e. The zero-order chi connectivity index (χ0) is 11.3. The van der Waals surface area contributed by atoms with E-state index in [1.807, 2.05) is 0 Å². The molecular formula is C10H11ClFNO2. The summed E-state index contributed by atoms with van der Waals surface area (Å²) in [5.41, 5.74) is -0.0119. The fourth-order valence-corrected chi connectivity index (χ4v) is 1.27. The average Bonchev–Trinajstić information content (AvgIpc) is 2.21. The van der Waals surface area contributed by atoms with Gasteiger partial charge in [0.2, 0.25) is 5.91 Å². The number of nitrogens with one attached hydrogen (secondary N) is 1. The molecule has 0 bridgehead atoms. The monoisotopic (exact) mass is 231 g/mol. The minimum absolute atomic E-state index is 0.0119. The summed E-state index contributed by atoms with van der Waals surface area (Å²) in [7, 11) is 0. The first-order chi connectivity index (χ1) is 7.15. The van der Waals surface area contributed by atoms with Crippen LogP contribution in [0.3, 0.4) is 0 Å². The Hall–Kier alpha value is -1.13. The molecule has 0 aliphatic heterocycles. The van der Waals surface area contributed by atoms with Crippen LogP contribution in [0.15, 0.2) is 18.2 Å². The Bertz CT molecular complexity index is 337. The summed E-state index contributed by atoms with van der Waals surface area (Å²) >= 11 is 5.70. The van der Waals surface area contributed by atoms with Gasteiger partial charge in [0.25, 0.3) is 0 Å². The highest BCUT2D eigenvalue weighted by molar-refractivity contribution is 6.33. The van der Waals surface area contributed by atoms with Crippen molar-refractivity contribution in [1.29, 1.82) is 0 Å². The Labute approximate surface area is 91.9 Å². The van der Waals surface area contributed by atoms with Crippen molar-refractivity contribution in [3.05, 3.63) is 29.0 Å². The van der Waals surface area contributed by atoms with Crippen molar-refractivity contribution in [3.8, 4) is 0 Å². The van der Waals surface area contributed by atoms with E-state index in [0.717, 1.165) is 0 Å². The molecule has 3 nitrogen and oxygen atoms in total. The van der Waals surface area contributed by atoms with E-state index in [0.29, 0.717) is 6.42 Å². The van der Waals surface area contributed by atoms with E-state index >= 15 is 0 Å². The van der Waals surface area contributed by atoms with Crippen LogP contribution in [0, 0.1) is 5.82 Å². The summed E-state index contributed by atoms with van der Waals surface area (Å²) < 4.78 is 13.2. The molecule has 2 N–H and O–H groups in total. The smallest absolute Gasteiger partial charge is 0.224 e. The number of hydrogen-bond donors (Lipinski definition) is 2. The van der Waals surface area contributed by atoms with Crippen LogP contribution in [0.1, 0.15) is 12.8 Å². The number of hydrogen-bond acceptors (Lipinski definition) is 2. The number of amides is 1. The Morgan fingerprint density at radius 1 is 1.53 bits per heavy atom. The maximum atomic E-state index is 13.2. The first-order valence-electron chi connectivity index (χ1n) is 4.50. The molecule has 0 saturated carbocycles. The quantitative estimate of drug-likeness (QED) is 0.835. The van der Waals surface area contributed by atoms with Gasteiger partial charge in [0.1, 0.15) is 5.82 Å². The Morgan fingerprint density at radius 3 is 2.87 bits per heavy atom. The van der Waals surface area contributed by atoms with Gasteiger partial charge in [-0.1, -0.05) is 17.7 Å². The van der Waals surface area contributed by atoms with Gasteiger partial charge >= 0.3 is 0 Å². The molecule has 0 aliphatic carbocycles. The molecule has 1 rings (SSSR count). The molecule has 0 aromatic heterocycles. The van der Waals surface area contributed by atoms with Crippen molar-refractivity contribution in [2.75, 3.05) is 11.9 Å². The molecule has 1 amide bonds. The summed E-state index contributed by atoms with van der Waals surface area (Å²) in [5.74, 6) is -0.934. The maximum Gasteiger partial charge on any atom is 0.224 e. The number of aliphatic hydroxyl groups is 1. The van der Waals surface area contributed by atoms with E-state index in [1.54, 1.807) is 0 Å². The second-order valence-corrected chi connectivity index (χ2v) is 3.38. The summed E-state index contributed by atoms with van der Waals surface area (Å²) in [4.78, 5) is 11.2. The lowest BCUT2D eigenvalue weighted by atomic mass is 10.2. The normalized spacial score (nSPS) is 10.1. The lowest BCUT2D eigenvalue weighted by Crippen LogP contribution is -2.13. The van der Waals surface area contributed by atoms with E-state index in [2.05, 4.69) is 5.32 Å². The van der Waals surface area contributed by atoms with Crippen molar-refractivity contribution >= 4 is 23.2 Å². The summed E-state index contributed by atoms with van der Waals surface area (Å²) in [6.45, 7) is -0.0710. The third-order valence-electron chi connectivity index (χ3n) is 1.79. The number of aliphatic hydroxyl groups excluding tert-OH is 1. The van der Waals surface area contributed by atoms with Gasteiger partial charge < -0.3 is 10.4 Å². The maximum absolute atomic E-state index is 13.2. The number of anilines is 1. The van der Waals surface area contributed by atoms with Gasteiger partial charge in [-0.3, -0.25) is 4.79 Å². The molecular weight excluding hydrogens is 221 g/mol. The second kappa shape index (κ2) is 5.68. The van der Waals surface area contributed by atoms with Crippen LogP contribution >= 0.6 is 11.6 Å². The van der Waals surface area contributed by atoms with Crippen LogP contribution in [-0.4, -0.2) is 17.6 Å². The Kier molecular flexibility index (Phi) is 4.52. The third-order valence-corrected chi connectivity index (χ3v) is 2.10. The number of benzene rings is 1. The molecule has 0 saturated heterocycles. The number of carbonyl (C=O) groups excluding carboxylic acids is 1. The SMILES string of the molecule is O=C(CCCO)Nc1c(F)cccc1Cl. The highest BCUT2D eigenvalue weighted by atomic mass is 35.5. The van der Waals surface area contributed by atoms with Gasteiger partial charge in [-0.2, -0.15) is 0 Å². The van der Waals surface area contributed by atoms with Crippen LogP contribution < -0.4 is 5.32 Å². The topological polar surface area (TPSA) is 49.3 Å². The Balaban J connectivity index is 2.68. The van der Waals surface area contributed by atoms with E-state index in [1.165, 1.54) is 18.2 Å². The van der Waals surface area contributed by atoms with Crippen LogP contribution in [0.5, 0.6) is 0 Å². The summed E-state index contributed by atoms with van der Waals surface area (Å²) in [6.07, 6.45) is 0.485. The molecule has 1 aromatic rings. The number of carbonyl (C=O) groups is 1. The van der Waals surface area contributed by atoms with Crippen LogP contribution in [0.2, 0.25) is 5.02 Å². The molecule has 0 fully saturated rings. The minimum Gasteiger partial charge on any atom is -0.396 e.